The Morgan fingerprint density at radius 3 is 2.15 bits per heavy atom. The number of phenolic OH excluding ortho intramolecular Hbond substituents is 2. The van der Waals surface area contributed by atoms with E-state index in [1.165, 1.54) is 5.56 Å². The van der Waals surface area contributed by atoms with Crippen molar-refractivity contribution >= 4 is 17.7 Å². The van der Waals surface area contributed by atoms with Gasteiger partial charge in [-0.3, -0.25) is 4.79 Å². The molecule has 0 saturated carbocycles. The molecule has 0 fully saturated rings. The maximum Gasteiger partial charge on any atom is 0.453 e. The minimum Gasteiger partial charge on any atom is -0.508 e. The molecule has 222 valence electrons. The molecule has 10 heteroatoms. The Balaban J connectivity index is 1.48. The quantitative estimate of drug-likeness (QED) is 0.152. The molecular formula is C30H37F5O4S. The Kier molecular flexibility index (Phi) is 10.8. The van der Waals surface area contributed by atoms with Crippen molar-refractivity contribution in [2.24, 2.45) is 5.92 Å². The molecule has 0 aromatic heterocycles. The summed E-state index contributed by atoms with van der Waals surface area (Å²) in [5.41, 5.74) is 2.17. The summed E-state index contributed by atoms with van der Waals surface area (Å²) in [5.74, 6) is -5.94. The van der Waals surface area contributed by atoms with E-state index in [1.807, 2.05) is 18.2 Å². The predicted molar refractivity (Wildman–Crippen MR) is 145 cm³/mol. The summed E-state index contributed by atoms with van der Waals surface area (Å²) in [6.07, 6.45) is -2.11. The number of thioether (sulfide) groups is 1. The lowest BCUT2D eigenvalue weighted by molar-refractivity contribution is -0.285. The van der Waals surface area contributed by atoms with E-state index in [2.05, 4.69) is 6.92 Å². The molecule has 0 bridgehead atoms. The second-order valence-electron chi connectivity index (χ2n) is 11.0. The highest BCUT2D eigenvalue weighted by atomic mass is 32.2. The molecular weight excluding hydrogens is 551 g/mol. The molecule has 0 saturated heterocycles. The lowest BCUT2D eigenvalue weighted by atomic mass is 9.68. The van der Waals surface area contributed by atoms with Crippen LogP contribution in [0.3, 0.4) is 0 Å². The van der Waals surface area contributed by atoms with Gasteiger partial charge in [-0.2, -0.15) is 22.0 Å². The molecule has 1 aliphatic heterocycles. The fraction of sp³-hybridized carbons (Fsp3) is 0.567. The lowest BCUT2D eigenvalue weighted by Gasteiger charge is -2.43. The van der Waals surface area contributed by atoms with Gasteiger partial charge in [0.15, 0.2) is 0 Å². The van der Waals surface area contributed by atoms with E-state index >= 15 is 0 Å². The molecule has 3 atom stereocenters. The van der Waals surface area contributed by atoms with E-state index in [0.29, 0.717) is 12.8 Å². The second kappa shape index (κ2) is 13.4. The number of fused-ring (bicyclic) bond motifs is 1. The van der Waals surface area contributed by atoms with Gasteiger partial charge in [0.2, 0.25) is 0 Å². The van der Waals surface area contributed by atoms with Gasteiger partial charge in [-0.25, -0.2) is 0 Å². The summed E-state index contributed by atoms with van der Waals surface area (Å²) in [7, 11) is 0. The number of alkyl halides is 5. The number of aromatic hydroxyl groups is 2. The summed E-state index contributed by atoms with van der Waals surface area (Å²) in [4.78, 5) is 12.4. The molecule has 1 heterocycles. The zero-order chi connectivity index (χ0) is 29.6. The van der Waals surface area contributed by atoms with E-state index in [9.17, 15) is 42.1 Å². The molecule has 3 N–H and O–H groups in total. The maximum absolute atomic E-state index is 13.2. The second-order valence-corrected chi connectivity index (χ2v) is 12.0. The van der Waals surface area contributed by atoms with Gasteiger partial charge in [-0.15, -0.1) is 11.8 Å². The van der Waals surface area contributed by atoms with Crippen molar-refractivity contribution in [3.05, 3.63) is 53.6 Å². The minimum atomic E-state index is -5.67. The number of carbonyl (C=O) groups is 1. The summed E-state index contributed by atoms with van der Waals surface area (Å²) in [6.45, 7) is 2.23. The van der Waals surface area contributed by atoms with E-state index < -0.39 is 36.8 Å². The SMILES string of the molecule is CC1(c2ccc(O)cc2)CSc2cc(O)ccc2C1CCCCCCCCC(CCC(F)(F)C(F)(F)F)C(=O)O. The van der Waals surface area contributed by atoms with Crippen LogP contribution in [0.2, 0.25) is 0 Å². The van der Waals surface area contributed by atoms with Crippen LogP contribution in [-0.2, 0) is 10.2 Å². The van der Waals surface area contributed by atoms with Gasteiger partial charge in [0.05, 0.1) is 5.92 Å². The Labute approximate surface area is 236 Å². The fourth-order valence-electron chi connectivity index (χ4n) is 5.54. The minimum absolute atomic E-state index is 0.0810. The first-order chi connectivity index (χ1) is 18.7. The van der Waals surface area contributed by atoms with Crippen LogP contribution in [0, 0.1) is 5.92 Å². The number of benzene rings is 2. The standard InChI is InChI=1S/C30H37F5O4S/c1-28(21-10-12-22(36)13-11-21)19-40-26-18-23(37)14-15-24(26)25(28)9-7-5-3-2-4-6-8-20(27(38)39)16-17-29(31,32)30(33,34)35/h10-15,18,20,25,36-37H,2-9,16-17,19H2,1H3,(H,38,39). The van der Waals surface area contributed by atoms with E-state index in [0.717, 1.165) is 48.3 Å². The number of carboxylic acids is 1. The van der Waals surface area contributed by atoms with E-state index in [1.54, 1.807) is 36.0 Å². The fourth-order valence-corrected chi connectivity index (χ4v) is 6.95. The first-order valence-electron chi connectivity index (χ1n) is 13.7. The van der Waals surface area contributed by atoms with Crippen LogP contribution in [0.1, 0.15) is 88.2 Å². The Morgan fingerprint density at radius 2 is 1.52 bits per heavy atom. The molecule has 2 aromatic rings. The molecule has 0 radical (unpaired) electrons. The van der Waals surface area contributed by atoms with Crippen LogP contribution in [0.25, 0.3) is 0 Å². The molecule has 40 heavy (non-hydrogen) atoms. The number of carboxylic acid groups (broad SMARTS) is 1. The molecule has 0 aliphatic carbocycles. The molecule has 3 rings (SSSR count). The van der Waals surface area contributed by atoms with Gasteiger partial charge >= 0.3 is 18.1 Å². The van der Waals surface area contributed by atoms with Gasteiger partial charge in [0.25, 0.3) is 0 Å². The van der Waals surface area contributed by atoms with Gasteiger partial charge in [-0.05, 0) is 60.6 Å². The number of phenols is 2. The molecule has 2 aromatic carbocycles. The number of hydrogen-bond acceptors (Lipinski definition) is 4. The molecule has 3 unspecified atom stereocenters. The molecule has 0 amide bonds. The number of halogens is 5. The van der Waals surface area contributed by atoms with Crippen LogP contribution in [0.5, 0.6) is 11.5 Å². The predicted octanol–water partition coefficient (Wildman–Crippen LogP) is 9.04. The first-order valence-corrected chi connectivity index (χ1v) is 14.7. The third-order valence-corrected chi connectivity index (χ3v) is 9.47. The largest absolute Gasteiger partial charge is 0.508 e. The van der Waals surface area contributed by atoms with Gasteiger partial charge < -0.3 is 15.3 Å². The zero-order valence-corrected chi connectivity index (χ0v) is 23.3. The van der Waals surface area contributed by atoms with Crippen molar-refractivity contribution in [2.45, 2.75) is 99.5 Å². The van der Waals surface area contributed by atoms with E-state index in [-0.39, 0.29) is 29.3 Å². The third-order valence-electron chi connectivity index (χ3n) is 8.06. The summed E-state index contributed by atoms with van der Waals surface area (Å²) in [6, 6.07) is 12.8. The third kappa shape index (κ3) is 8.04. The monoisotopic (exact) mass is 588 g/mol. The van der Waals surface area contributed by atoms with Crippen LogP contribution in [0.15, 0.2) is 47.4 Å². The van der Waals surface area contributed by atoms with Crippen LogP contribution < -0.4 is 0 Å². The Hall–Kier alpha value is -2.49. The summed E-state index contributed by atoms with van der Waals surface area (Å²) in [5, 5.41) is 29.0. The number of aliphatic carboxylic acids is 1. The Morgan fingerprint density at radius 1 is 0.925 bits per heavy atom. The molecule has 1 aliphatic rings. The van der Waals surface area contributed by atoms with Gasteiger partial charge in [-0.1, -0.05) is 63.6 Å². The highest BCUT2D eigenvalue weighted by molar-refractivity contribution is 7.99. The van der Waals surface area contributed by atoms with Gasteiger partial charge in [0.1, 0.15) is 11.5 Å². The van der Waals surface area contributed by atoms with Crippen LogP contribution in [-0.4, -0.2) is 39.1 Å². The van der Waals surface area contributed by atoms with Crippen molar-refractivity contribution < 1.29 is 42.1 Å². The molecule has 0 spiro atoms. The number of hydrogen-bond donors (Lipinski definition) is 3. The smallest absolute Gasteiger partial charge is 0.453 e. The van der Waals surface area contributed by atoms with E-state index in [4.69, 9.17) is 0 Å². The number of unbranched alkanes of at least 4 members (excludes halogenated alkanes) is 5. The van der Waals surface area contributed by atoms with Crippen molar-refractivity contribution in [1.29, 1.82) is 0 Å². The first kappa shape index (κ1) is 32.0. The van der Waals surface area contributed by atoms with Crippen molar-refractivity contribution in [2.75, 3.05) is 5.75 Å². The normalized spacial score (nSPS) is 20.2. The Bertz CT molecular complexity index is 1120. The highest BCUT2D eigenvalue weighted by Crippen LogP contribution is 2.52. The van der Waals surface area contributed by atoms with Crippen LogP contribution in [0.4, 0.5) is 22.0 Å². The van der Waals surface area contributed by atoms with Crippen molar-refractivity contribution in [3.8, 4) is 11.5 Å². The topological polar surface area (TPSA) is 77.8 Å². The number of rotatable bonds is 14. The van der Waals surface area contributed by atoms with Gasteiger partial charge in [0, 0.05) is 22.5 Å². The summed E-state index contributed by atoms with van der Waals surface area (Å²) < 4.78 is 63.5. The van der Waals surface area contributed by atoms with Crippen molar-refractivity contribution in [3.63, 3.8) is 0 Å². The van der Waals surface area contributed by atoms with Crippen molar-refractivity contribution in [1.82, 2.24) is 0 Å². The highest BCUT2D eigenvalue weighted by Gasteiger charge is 2.57. The zero-order valence-electron chi connectivity index (χ0n) is 22.5. The maximum atomic E-state index is 13.2. The molecule has 4 nitrogen and oxygen atoms in total. The average molecular weight is 589 g/mol. The van der Waals surface area contributed by atoms with Crippen LogP contribution >= 0.6 is 11.8 Å². The summed E-state index contributed by atoms with van der Waals surface area (Å²) >= 11 is 1.71. The lowest BCUT2D eigenvalue weighted by Crippen LogP contribution is -2.37. The average Bonchev–Trinajstić information content (AvgIpc) is 2.87.